The number of carbonyl (C=O) groups excluding carboxylic acids is 2. The van der Waals surface area contributed by atoms with Crippen LogP contribution in [-0.2, 0) is 29.0 Å². The van der Waals surface area contributed by atoms with Crippen LogP contribution in [0.25, 0.3) is 10.8 Å². The van der Waals surface area contributed by atoms with Gasteiger partial charge in [0.1, 0.15) is 0 Å². The number of rotatable bonds is 8. The molecule has 0 saturated heterocycles. The lowest BCUT2D eigenvalue weighted by Gasteiger charge is -2.17. The summed E-state index contributed by atoms with van der Waals surface area (Å²) in [5.41, 5.74) is 2.79. The SMILES string of the molecule is CCc1ccc(CN(C)C(=O)COC(=O)c2nn(Cc3ccccc3)c(=O)c3ccccc23)cc1. The van der Waals surface area contributed by atoms with Crippen LogP contribution in [0.2, 0.25) is 0 Å². The first-order valence-corrected chi connectivity index (χ1v) is 11.5. The Morgan fingerprint density at radius 1 is 0.857 bits per heavy atom. The highest BCUT2D eigenvalue weighted by molar-refractivity contribution is 6.02. The smallest absolute Gasteiger partial charge is 0.359 e. The van der Waals surface area contributed by atoms with Crippen molar-refractivity contribution in [1.82, 2.24) is 14.7 Å². The highest BCUT2D eigenvalue weighted by Crippen LogP contribution is 2.15. The summed E-state index contributed by atoms with van der Waals surface area (Å²) in [7, 11) is 1.66. The average Bonchev–Trinajstić information content (AvgIpc) is 2.89. The number of carbonyl (C=O) groups is 2. The molecule has 7 heteroatoms. The van der Waals surface area contributed by atoms with Crippen molar-refractivity contribution in [3.8, 4) is 0 Å². The van der Waals surface area contributed by atoms with Crippen LogP contribution in [0.3, 0.4) is 0 Å². The zero-order chi connectivity index (χ0) is 24.8. The van der Waals surface area contributed by atoms with Gasteiger partial charge in [0.15, 0.2) is 12.3 Å². The molecule has 7 nitrogen and oxygen atoms in total. The number of hydrogen-bond donors (Lipinski definition) is 0. The minimum absolute atomic E-state index is 0.00161. The fourth-order valence-corrected chi connectivity index (χ4v) is 3.80. The largest absolute Gasteiger partial charge is 0.451 e. The van der Waals surface area contributed by atoms with Gasteiger partial charge in [-0.15, -0.1) is 0 Å². The second-order valence-corrected chi connectivity index (χ2v) is 8.34. The summed E-state index contributed by atoms with van der Waals surface area (Å²) in [6.07, 6.45) is 0.951. The van der Waals surface area contributed by atoms with E-state index in [2.05, 4.69) is 12.0 Å². The molecule has 4 rings (SSSR count). The van der Waals surface area contributed by atoms with Crippen LogP contribution in [0.5, 0.6) is 0 Å². The lowest BCUT2D eigenvalue weighted by atomic mass is 10.1. The van der Waals surface area contributed by atoms with Gasteiger partial charge in [-0.25, -0.2) is 9.48 Å². The molecule has 0 atom stereocenters. The van der Waals surface area contributed by atoms with Crippen LogP contribution >= 0.6 is 0 Å². The van der Waals surface area contributed by atoms with E-state index < -0.39 is 12.6 Å². The molecule has 35 heavy (non-hydrogen) atoms. The summed E-state index contributed by atoms with van der Waals surface area (Å²) in [4.78, 5) is 40.0. The van der Waals surface area contributed by atoms with Crippen LogP contribution < -0.4 is 5.56 Å². The van der Waals surface area contributed by atoms with E-state index in [-0.39, 0.29) is 23.7 Å². The minimum Gasteiger partial charge on any atom is -0.451 e. The number of likely N-dealkylation sites (N-methyl/N-ethyl adjacent to an activating group) is 1. The molecule has 3 aromatic carbocycles. The minimum atomic E-state index is -0.753. The molecule has 0 fully saturated rings. The van der Waals surface area contributed by atoms with E-state index in [4.69, 9.17) is 4.74 Å². The fraction of sp³-hybridized carbons (Fsp3) is 0.214. The van der Waals surface area contributed by atoms with Crippen molar-refractivity contribution in [2.24, 2.45) is 0 Å². The van der Waals surface area contributed by atoms with Gasteiger partial charge in [0, 0.05) is 19.0 Å². The van der Waals surface area contributed by atoms with Gasteiger partial charge in [-0.2, -0.15) is 5.10 Å². The molecular formula is C28H27N3O4. The molecule has 0 bridgehead atoms. The third-order valence-electron chi connectivity index (χ3n) is 5.84. The lowest BCUT2D eigenvalue weighted by molar-refractivity contribution is -0.133. The third kappa shape index (κ3) is 5.63. The number of ether oxygens (including phenoxy) is 1. The van der Waals surface area contributed by atoms with Gasteiger partial charge in [0.05, 0.1) is 11.9 Å². The molecule has 0 aliphatic rings. The summed E-state index contributed by atoms with van der Waals surface area (Å²) in [5, 5.41) is 5.06. The molecule has 0 aliphatic heterocycles. The maximum absolute atomic E-state index is 13.0. The van der Waals surface area contributed by atoms with Gasteiger partial charge in [0.2, 0.25) is 0 Å². The van der Waals surface area contributed by atoms with Crippen LogP contribution in [0.4, 0.5) is 0 Å². The normalized spacial score (nSPS) is 10.8. The first kappa shape index (κ1) is 23.9. The van der Waals surface area contributed by atoms with E-state index in [1.807, 2.05) is 54.6 Å². The molecule has 1 aromatic heterocycles. The predicted octanol–water partition coefficient (Wildman–Crippen LogP) is 3.82. The monoisotopic (exact) mass is 469 g/mol. The lowest BCUT2D eigenvalue weighted by Crippen LogP contribution is -2.32. The molecule has 0 spiro atoms. The molecule has 1 heterocycles. The summed E-state index contributed by atoms with van der Waals surface area (Å²) in [6.45, 7) is 2.29. The first-order chi connectivity index (χ1) is 17.0. The van der Waals surface area contributed by atoms with E-state index in [1.165, 1.54) is 15.1 Å². The quantitative estimate of drug-likeness (QED) is 0.367. The van der Waals surface area contributed by atoms with Gasteiger partial charge < -0.3 is 9.64 Å². The maximum Gasteiger partial charge on any atom is 0.359 e. The standard InChI is InChI=1S/C28H27N3O4/c1-3-20-13-15-22(16-14-20)17-30(2)25(32)19-35-28(34)26-23-11-7-8-12-24(23)27(33)31(29-26)18-21-9-5-4-6-10-21/h4-16H,3,17-19H2,1-2H3. The number of fused-ring (bicyclic) bond motifs is 1. The Hall–Kier alpha value is -4.26. The summed E-state index contributed by atoms with van der Waals surface area (Å²) in [6, 6.07) is 24.2. The molecule has 0 saturated carbocycles. The molecule has 1 amide bonds. The van der Waals surface area contributed by atoms with Gasteiger partial charge in [-0.05, 0) is 29.2 Å². The van der Waals surface area contributed by atoms with Crippen molar-refractivity contribution >= 4 is 22.6 Å². The summed E-state index contributed by atoms with van der Waals surface area (Å²) >= 11 is 0. The van der Waals surface area contributed by atoms with Crippen LogP contribution in [0.1, 0.15) is 34.1 Å². The number of aromatic nitrogens is 2. The van der Waals surface area contributed by atoms with Crippen molar-refractivity contribution in [1.29, 1.82) is 0 Å². The van der Waals surface area contributed by atoms with E-state index in [1.54, 1.807) is 31.3 Å². The van der Waals surface area contributed by atoms with Gasteiger partial charge in [0.25, 0.3) is 11.5 Å². The van der Waals surface area contributed by atoms with Gasteiger partial charge >= 0.3 is 5.97 Å². The molecule has 4 aromatic rings. The average molecular weight is 470 g/mol. The zero-order valence-corrected chi connectivity index (χ0v) is 19.8. The Morgan fingerprint density at radius 3 is 2.17 bits per heavy atom. The van der Waals surface area contributed by atoms with Crippen molar-refractivity contribution in [2.75, 3.05) is 13.7 Å². The Morgan fingerprint density at radius 2 is 1.49 bits per heavy atom. The molecule has 0 radical (unpaired) electrons. The van der Waals surface area contributed by atoms with E-state index in [0.717, 1.165) is 17.5 Å². The summed E-state index contributed by atoms with van der Waals surface area (Å²) in [5.74, 6) is -1.09. The van der Waals surface area contributed by atoms with Crippen molar-refractivity contribution in [2.45, 2.75) is 26.4 Å². The fourth-order valence-electron chi connectivity index (χ4n) is 3.80. The molecule has 178 valence electrons. The van der Waals surface area contributed by atoms with Crippen LogP contribution in [-0.4, -0.2) is 40.2 Å². The van der Waals surface area contributed by atoms with Crippen LogP contribution in [0.15, 0.2) is 83.7 Å². The second-order valence-electron chi connectivity index (χ2n) is 8.34. The molecule has 0 N–H and O–H groups in total. The number of amides is 1. The second kappa shape index (κ2) is 10.8. The molecule has 0 aliphatic carbocycles. The number of aryl methyl sites for hydroxylation is 1. The number of benzene rings is 3. The Balaban J connectivity index is 1.50. The number of hydrogen-bond acceptors (Lipinski definition) is 5. The molecule has 0 unspecified atom stereocenters. The van der Waals surface area contributed by atoms with Gasteiger partial charge in [-0.3, -0.25) is 9.59 Å². The highest BCUT2D eigenvalue weighted by atomic mass is 16.5. The number of esters is 1. The topological polar surface area (TPSA) is 81.5 Å². The maximum atomic E-state index is 13.0. The summed E-state index contributed by atoms with van der Waals surface area (Å²) < 4.78 is 6.58. The third-order valence-corrected chi connectivity index (χ3v) is 5.84. The van der Waals surface area contributed by atoms with Crippen molar-refractivity contribution < 1.29 is 14.3 Å². The van der Waals surface area contributed by atoms with Gasteiger partial charge in [-0.1, -0.05) is 79.7 Å². The van der Waals surface area contributed by atoms with E-state index in [0.29, 0.717) is 17.3 Å². The molecular weight excluding hydrogens is 442 g/mol. The Labute approximate surface area is 203 Å². The number of nitrogens with zero attached hydrogens (tertiary/aromatic N) is 3. The Kier molecular flexibility index (Phi) is 7.35. The first-order valence-electron chi connectivity index (χ1n) is 11.5. The van der Waals surface area contributed by atoms with Crippen molar-refractivity contribution in [3.63, 3.8) is 0 Å². The zero-order valence-electron chi connectivity index (χ0n) is 19.8. The van der Waals surface area contributed by atoms with Crippen molar-refractivity contribution in [3.05, 3.63) is 112 Å². The van der Waals surface area contributed by atoms with E-state index in [9.17, 15) is 14.4 Å². The predicted molar refractivity (Wildman–Crippen MR) is 134 cm³/mol. The van der Waals surface area contributed by atoms with E-state index >= 15 is 0 Å². The highest BCUT2D eigenvalue weighted by Gasteiger charge is 2.20. The van der Waals surface area contributed by atoms with Crippen LogP contribution in [0, 0.1) is 0 Å². The Bertz CT molecular complexity index is 1400.